The number of thiazole rings is 1. The molecule has 1 fully saturated rings. The van der Waals surface area contributed by atoms with Crippen LogP contribution in [0, 0.1) is 11.3 Å². The smallest absolute Gasteiger partial charge is 0.123 e. The summed E-state index contributed by atoms with van der Waals surface area (Å²) in [5.41, 5.74) is 2.94. The van der Waals surface area contributed by atoms with Gasteiger partial charge in [0.1, 0.15) is 5.01 Å². The van der Waals surface area contributed by atoms with Gasteiger partial charge < -0.3 is 5.32 Å². The number of benzene rings is 1. The summed E-state index contributed by atoms with van der Waals surface area (Å²) in [5.74, 6) is 0.729. The summed E-state index contributed by atoms with van der Waals surface area (Å²) in [4.78, 5) is 4.36. The Labute approximate surface area is 131 Å². The van der Waals surface area contributed by atoms with Crippen molar-refractivity contribution in [3.05, 3.63) is 35.8 Å². The molecule has 1 aromatic carbocycles. The Bertz CT molecular complexity index is 572. The Morgan fingerprint density at radius 3 is 2.62 bits per heavy atom. The molecule has 3 heteroatoms. The van der Waals surface area contributed by atoms with E-state index in [1.54, 1.807) is 11.3 Å². The number of hydrogen-bond donors (Lipinski definition) is 1. The highest BCUT2D eigenvalue weighted by atomic mass is 32.1. The summed E-state index contributed by atoms with van der Waals surface area (Å²) < 4.78 is 0. The summed E-state index contributed by atoms with van der Waals surface area (Å²) in [6.45, 7) is 7.16. The first-order chi connectivity index (χ1) is 10.0. The lowest BCUT2D eigenvalue weighted by Gasteiger charge is -2.40. The number of nitrogens with one attached hydrogen (secondary N) is 1. The lowest BCUT2D eigenvalue weighted by atomic mass is 9.70. The Hall–Kier alpha value is -1.35. The quantitative estimate of drug-likeness (QED) is 0.816. The van der Waals surface area contributed by atoms with E-state index in [0.717, 1.165) is 10.9 Å². The van der Waals surface area contributed by atoms with Crippen LogP contribution in [0.25, 0.3) is 10.6 Å². The van der Waals surface area contributed by atoms with E-state index in [9.17, 15) is 0 Å². The number of hydrogen-bond acceptors (Lipinski definition) is 3. The fraction of sp³-hybridized carbons (Fsp3) is 0.500. The third kappa shape index (κ3) is 3.46. The first-order valence-corrected chi connectivity index (χ1v) is 8.68. The van der Waals surface area contributed by atoms with Gasteiger partial charge in [-0.05, 0) is 54.9 Å². The minimum absolute atomic E-state index is 0.506. The van der Waals surface area contributed by atoms with E-state index in [0.29, 0.717) is 11.5 Å². The molecule has 3 rings (SSSR count). The van der Waals surface area contributed by atoms with Crippen molar-refractivity contribution < 1.29 is 0 Å². The Balaban J connectivity index is 1.66. The molecule has 112 valence electrons. The second kappa shape index (κ2) is 5.80. The van der Waals surface area contributed by atoms with Gasteiger partial charge in [0.25, 0.3) is 0 Å². The monoisotopic (exact) mass is 300 g/mol. The number of nitrogens with zero attached hydrogens (tertiary/aromatic N) is 1. The lowest BCUT2D eigenvalue weighted by Crippen LogP contribution is -2.36. The van der Waals surface area contributed by atoms with Crippen LogP contribution >= 0.6 is 11.3 Å². The predicted octanol–water partition coefficient (Wildman–Crippen LogP) is 5.44. The van der Waals surface area contributed by atoms with Gasteiger partial charge >= 0.3 is 0 Å². The molecule has 0 spiro atoms. The molecule has 21 heavy (non-hydrogen) atoms. The summed E-state index contributed by atoms with van der Waals surface area (Å²) >= 11 is 1.69. The van der Waals surface area contributed by atoms with E-state index in [1.807, 2.05) is 11.6 Å². The number of aromatic nitrogens is 1. The highest BCUT2D eigenvalue weighted by Crippen LogP contribution is 2.39. The zero-order chi connectivity index (χ0) is 14.9. The second-order valence-electron chi connectivity index (χ2n) is 7.05. The molecule has 1 heterocycles. The Morgan fingerprint density at radius 1 is 1.24 bits per heavy atom. The van der Waals surface area contributed by atoms with Gasteiger partial charge in [-0.15, -0.1) is 11.3 Å². The number of rotatable bonds is 3. The summed E-state index contributed by atoms with van der Waals surface area (Å²) in [7, 11) is 0. The molecule has 1 N–H and O–H groups in total. The predicted molar refractivity (Wildman–Crippen MR) is 91.8 cm³/mol. The highest BCUT2D eigenvalue weighted by molar-refractivity contribution is 7.13. The van der Waals surface area contributed by atoms with Gasteiger partial charge in [0.05, 0.1) is 0 Å². The van der Waals surface area contributed by atoms with Crippen LogP contribution in [0.3, 0.4) is 0 Å². The maximum atomic E-state index is 4.36. The zero-order valence-corrected chi connectivity index (χ0v) is 13.9. The van der Waals surface area contributed by atoms with Crippen molar-refractivity contribution in [3.63, 3.8) is 0 Å². The van der Waals surface area contributed by atoms with Crippen LogP contribution in [0.1, 0.15) is 40.0 Å². The van der Waals surface area contributed by atoms with Crippen LogP contribution in [-0.4, -0.2) is 11.0 Å². The SMILES string of the molecule is CC1CC(C)(C)CCC1Nc1ccc(-c2nccs2)cc1. The first-order valence-electron chi connectivity index (χ1n) is 7.80. The molecule has 0 radical (unpaired) electrons. The molecular weight excluding hydrogens is 276 g/mol. The van der Waals surface area contributed by atoms with Crippen molar-refractivity contribution in [2.75, 3.05) is 5.32 Å². The third-order valence-corrected chi connectivity index (χ3v) is 5.43. The van der Waals surface area contributed by atoms with E-state index >= 15 is 0 Å². The van der Waals surface area contributed by atoms with Crippen molar-refractivity contribution >= 4 is 17.0 Å². The van der Waals surface area contributed by atoms with Crippen molar-refractivity contribution in [1.29, 1.82) is 0 Å². The van der Waals surface area contributed by atoms with E-state index in [-0.39, 0.29) is 0 Å². The van der Waals surface area contributed by atoms with Crippen LogP contribution in [0.4, 0.5) is 5.69 Å². The first kappa shape index (κ1) is 14.6. The maximum absolute atomic E-state index is 4.36. The van der Waals surface area contributed by atoms with Crippen LogP contribution in [-0.2, 0) is 0 Å². The lowest BCUT2D eigenvalue weighted by molar-refractivity contribution is 0.177. The minimum atomic E-state index is 0.506. The van der Waals surface area contributed by atoms with Crippen molar-refractivity contribution in [3.8, 4) is 10.6 Å². The van der Waals surface area contributed by atoms with E-state index in [1.165, 1.54) is 30.5 Å². The summed E-state index contributed by atoms with van der Waals surface area (Å²) in [5, 5.41) is 6.84. The Morgan fingerprint density at radius 2 is 2.00 bits per heavy atom. The molecule has 2 nitrogen and oxygen atoms in total. The average molecular weight is 300 g/mol. The van der Waals surface area contributed by atoms with Gasteiger partial charge in [-0.3, -0.25) is 0 Å². The molecule has 1 aromatic heterocycles. The second-order valence-corrected chi connectivity index (χ2v) is 7.94. The van der Waals surface area contributed by atoms with Gasteiger partial charge in [-0.2, -0.15) is 0 Å². The van der Waals surface area contributed by atoms with Crippen molar-refractivity contribution in [2.45, 2.75) is 46.1 Å². The van der Waals surface area contributed by atoms with E-state index in [4.69, 9.17) is 0 Å². The molecule has 0 bridgehead atoms. The molecule has 0 amide bonds. The van der Waals surface area contributed by atoms with Gasteiger partial charge in [0.2, 0.25) is 0 Å². The molecule has 1 saturated carbocycles. The zero-order valence-electron chi connectivity index (χ0n) is 13.1. The molecule has 2 unspecified atom stereocenters. The van der Waals surface area contributed by atoms with Crippen molar-refractivity contribution in [1.82, 2.24) is 4.98 Å². The van der Waals surface area contributed by atoms with Crippen LogP contribution in [0.2, 0.25) is 0 Å². The van der Waals surface area contributed by atoms with Crippen molar-refractivity contribution in [2.24, 2.45) is 11.3 Å². The molecule has 0 saturated heterocycles. The maximum Gasteiger partial charge on any atom is 0.123 e. The summed E-state index contributed by atoms with van der Waals surface area (Å²) in [6, 6.07) is 9.30. The fourth-order valence-electron chi connectivity index (χ4n) is 3.45. The van der Waals surface area contributed by atoms with Crippen LogP contribution in [0.5, 0.6) is 0 Å². The molecule has 2 aromatic rings. The molecule has 0 aliphatic heterocycles. The molecular formula is C18H24N2S. The molecule has 2 atom stereocenters. The van der Waals surface area contributed by atoms with E-state index in [2.05, 4.69) is 55.3 Å². The summed E-state index contributed by atoms with van der Waals surface area (Å²) in [6.07, 6.45) is 5.74. The third-order valence-electron chi connectivity index (χ3n) is 4.61. The number of anilines is 1. The normalized spacial score (nSPS) is 24.7. The standard InChI is InChI=1S/C18H24N2S/c1-13-12-18(2,3)9-8-16(13)20-15-6-4-14(5-7-15)17-19-10-11-21-17/h4-7,10-11,13,16,20H,8-9,12H2,1-3H3. The topological polar surface area (TPSA) is 24.9 Å². The minimum Gasteiger partial charge on any atom is -0.382 e. The Kier molecular flexibility index (Phi) is 4.03. The van der Waals surface area contributed by atoms with E-state index < -0.39 is 0 Å². The molecule has 1 aliphatic carbocycles. The highest BCUT2D eigenvalue weighted by Gasteiger charge is 2.32. The van der Waals surface area contributed by atoms with Crippen LogP contribution in [0.15, 0.2) is 35.8 Å². The van der Waals surface area contributed by atoms with Gasteiger partial charge in [-0.25, -0.2) is 4.98 Å². The van der Waals surface area contributed by atoms with Gasteiger partial charge in [-0.1, -0.05) is 20.8 Å². The fourth-order valence-corrected chi connectivity index (χ4v) is 4.09. The largest absolute Gasteiger partial charge is 0.382 e. The van der Waals surface area contributed by atoms with Gasteiger partial charge in [0.15, 0.2) is 0 Å². The average Bonchev–Trinajstić information content (AvgIpc) is 2.96. The molecule has 1 aliphatic rings. The van der Waals surface area contributed by atoms with Gasteiger partial charge in [0, 0.05) is 28.9 Å². The van der Waals surface area contributed by atoms with Crippen LogP contribution < -0.4 is 5.32 Å².